The van der Waals surface area contributed by atoms with E-state index in [1.165, 1.54) is 12.1 Å². The number of carbonyl (C=O) groups excluding carboxylic acids is 1. The Morgan fingerprint density at radius 3 is 2.24 bits per heavy atom. The second-order valence-electron chi connectivity index (χ2n) is 8.16. The molecule has 1 aromatic heterocycles. The van der Waals surface area contributed by atoms with Crippen LogP contribution in [0.25, 0.3) is 22.6 Å². The van der Waals surface area contributed by atoms with Crippen LogP contribution in [0.5, 0.6) is 5.75 Å². The second kappa shape index (κ2) is 9.84. The van der Waals surface area contributed by atoms with Gasteiger partial charge in [0.2, 0.25) is 10.0 Å². The number of methoxy groups -OCH3 is 1. The lowest BCUT2D eigenvalue weighted by molar-refractivity contribution is 0.156. The van der Waals surface area contributed by atoms with E-state index in [1.807, 2.05) is 24.3 Å². The van der Waals surface area contributed by atoms with Gasteiger partial charge >= 0.3 is 6.03 Å². The van der Waals surface area contributed by atoms with Crippen molar-refractivity contribution in [2.75, 3.05) is 7.11 Å². The van der Waals surface area contributed by atoms with E-state index in [4.69, 9.17) is 24.5 Å². The Morgan fingerprint density at radius 2 is 1.68 bits per heavy atom. The van der Waals surface area contributed by atoms with Crippen molar-refractivity contribution in [3.63, 3.8) is 0 Å². The number of hydrogen-bond donors (Lipinski definition) is 4. The summed E-state index contributed by atoms with van der Waals surface area (Å²) in [7, 11) is -2.22. The molecule has 5 N–H and O–H groups in total. The number of sulfonamides is 1. The summed E-state index contributed by atoms with van der Waals surface area (Å²) in [5.41, 5.74) is 3.73. The Kier molecular flexibility index (Phi) is 6.87. The Bertz CT molecular complexity index is 1250. The van der Waals surface area contributed by atoms with E-state index in [0.29, 0.717) is 28.7 Å². The molecule has 0 saturated heterocycles. The van der Waals surface area contributed by atoms with Crippen molar-refractivity contribution in [1.82, 2.24) is 15.8 Å². The second-order valence-corrected chi connectivity index (χ2v) is 9.72. The number of urea groups is 1. The number of nitrogens with zero attached hydrogens (tertiary/aromatic N) is 1. The number of hydroxylamine groups is 1. The molecule has 34 heavy (non-hydrogen) atoms. The fourth-order valence-electron chi connectivity index (χ4n) is 4.15. The van der Waals surface area contributed by atoms with E-state index >= 15 is 0 Å². The van der Waals surface area contributed by atoms with Crippen molar-refractivity contribution in [1.29, 1.82) is 0 Å². The van der Waals surface area contributed by atoms with Crippen molar-refractivity contribution in [3.8, 4) is 28.3 Å². The molecule has 1 saturated carbocycles. The molecule has 2 aromatic carbocycles. The summed E-state index contributed by atoms with van der Waals surface area (Å²) >= 11 is 0. The van der Waals surface area contributed by atoms with Crippen molar-refractivity contribution in [3.05, 3.63) is 54.4 Å². The van der Waals surface area contributed by atoms with Crippen LogP contribution in [0, 0.1) is 0 Å². The average molecular weight is 487 g/mol. The van der Waals surface area contributed by atoms with Gasteiger partial charge in [0.1, 0.15) is 11.4 Å². The summed E-state index contributed by atoms with van der Waals surface area (Å²) in [6, 6.07) is 12.9. The predicted molar refractivity (Wildman–Crippen MR) is 124 cm³/mol. The van der Waals surface area contributed by atoms with Crippen molar-refractivity contribution >= 4 is 16.1 Å². The third kappa shape index (κ3) is 5.22. The van der Waals surface area contributed by atoms with Gasteiger partial charge in [-0.1, -0.05) is 0 Å². The maximum atomic E-state index is 11.6. The van der Waals surface area contributed by atoms with Gasteiger partial charge in [-0.15, -0.1) is 0 Å². The van der Waals surface area contributed by atoms with Crippen molar-refractivity contribution in [2.24, 2.45) is 5.14 Å². The van der Waals surface area contributed by atoms with E-state index in [2.05, 4.69) is 5.32 Å². The van der Waals surface area contributed by atoms with Gasteiger partial charge in [-0.2, -0.15) is 0 Å². The van der Waals surface area contributed by atoms with Gasteiger partial charge in [-0.05, 0) is 74.2 Å². The highest BCUT2D eigenvalue weighted by atomic mass is 32.2. The molecule has 0 unspecified atom stereocenters. The highest BCUT2D eigenvalue weighted by Gasteiger charge is 2.28. The molecule has 1 fully saturated rings. The molecular weight excluding hydrogens is 460 g/mol. The number of ether oxygens (including phenoxy) is 1. The Morgan fingerprint density at radius 1 is 1.06 bits per heavy atom. The molecule has 1 aliphatic carbocycles. The molecule has 0 atom stereocenters. The van der Waals surface area contributed by atoms with Crippen LogP contribution in [-0.2, 0) is 10.0 Å². The predicted octanol–water partition coefficient (Wildman–Crippen LogP) is 3.38. The molecule has 0 bridgehead atoms. The molecule has 10 nitrogen and oxygen atoms in total. The number of benzene rings is 2. The maximum absolute atomic E-state index is 11.6. The molecule has 180 valence electrons. The molecule has 0 aliphatic heterocycles. The molecule has 1 aliphatic rings. The number of primary sulfonamides is 1. The Balaban J connectivity index is 1.65. The number of nitrogens with two attached hydrogens (primary N) is 1. The molecule has 3 aromatic rings. The lowest BCUT2D eigenvalue weighted by Gasteiger charge is -2.27. The summed E-state index contributed by atoms with van der Waals surface area (Å²) in [5.74, 6) is 1.89. The van der Waals surface area contributed by atoms with Gasteiger partial charge in [0.05, 0.1) is 12.0 Å². The Hall–Kier alpha value is -3.41. The van der Waals surface area contributed by atoms with Gasteiger partial charge in [-0.25, -0.2) is 28.8 Å². The van der Waals surface area contributed by atoms with Crippen molar-refractivity contribution < 1.29 is 27.6 Å². The molecule has 0 spiro atoms. The summed E-state index contributed by atoms with van der Waals surface area (Å²) in [4.78, 5) is 16.2. The topological polar surface area (TPSA) is 157 Å². The van der Waals surface area contributed by atoms with Gasteiger partial charge in [-0.3, -0.25) is 5.21 Å². The fourth-order valence-corrected chi connectivity index (χ4v) is 4.67. The van der Waals surface area contributed by atoms with Crippen LogP contribution in [0.4, 0.5) is 4.79 Å². The standard InChI is InChI=1S/C23H26N4O6S/c1-32-18-10-4-14(5-11-18)20-21(15-6-12-19(13-7-15)34(24,30)31)33-22(26-20)16-2-8-17(9-3-16)25-23(28)27-29/h4-7,10-13,16-17,29H,2-3,8-9H2,1H3,(H2,24,30,31)(H2,25,27,28). The van der Waals surface area contributed by atoms with Gasteiger partial charge < -0.3 is 14.5 Å². The SMILES string of the molecule is COc1ccc(-c2nc(C3CCC(NC(=O)NO)CC3)oc2-c2ccc(S(N)(=O)=O)cc2)cc1. The van der Waals surface area contributed by atoms with Crippen molar-refractivity contribution in [2.45, 2.75) is 42.5 Å². The minimum atomic E-state index is -3.81. The maximum Gasteiger partial charge on any atom is 0.338 e. The smallest absolute Gasteiger partial charge is 0.338 e. The van der Waals surface area contributed by atoms with Gasteiger partial charge in [0.25, 0.3) is 0 Å². The number of carbonyl (C=O) groups is 1. The first-order valence-electron chi connectivity index (χ1n) is 10.8. The zero-order chi connectivity index (χ0) is 24.3. The zero-order valence-corrected chi connectivity index (χ0v) is 19.3. The van der Waals surface area contributed by atoms with Crippen LogP contribution in [0.15, 0.2) is 57.8 Å². The average Bonchev–Trinajstić information content (AvgIpc) is 3.29. The number of rotatable bonds is 6. The van der Waals surface area contributed by atoms with Crippen LogP contribution in [0.3, 0.4) is 0 Å². The normalized spacial score (nSPS) is 18.3. The van der Waals surface area contributed by atoms with E-state index in [0.717, 1.165) is 31.2 Å². The first-order valence-corrected chi connectivity index (χ1v) is 12.3. The quantitative estimate of drug-likeness (QED) is 0.307. The molecule has 4 rings (SSSR count). The first kappa shape index (κ1) is 23.7. The Labute approximate surface area is 197 Å². The summed E-state index contributed by atoms with van der Waals surface area (Å²) < 4.78 is 34.8. The van der Waals surface area contributed by atoms with Crippen LogP contribution < -0.4 is 20.7 Å². The zero-order valence-electron chi connectivity index (χ0n) is 18.5. The highest BCUT2D eigenvalue weighted by Crippen LogP contribution is 2.39. The number of oxazole rings is 1. The molecule has 1 heterocycles. The molecule has 2 amide bonds. The summed E-state index contributed by atoms with van der Waals surface area (Å²) in [6.45, 7) is 0. The lowest BCUT2D eigenvalue weighted by atomic mass is 9.86. The number of aromatic nitrogens is 1. The van der Waals surface area contributed by atoms with Crippen LogP contribution in [-0.4, -0.2) is 37.8 Å². The largest absolute Gasteiger partial charge is 0.497 e. The summed E-state index contributed by atoms with van der Waals surface area (Å²) in [5, 5.41) is 16.6. The third-order valence-corrected chi connectivity index (χ3v) is 6.89. The highest BCUT2D eigenvalue weighted by molar-refractivity contribution is 7.89. The lowest BCUT2D eigenvalue weighted by Crippen LogP contribution is -2.42. The number of amides is 2. The van der Waals surface area contributed by atoms with E-state index in [1.54, 1.807) is 24.7 Å². The van der Waals surface area contributed by atoms with Crippen LogP contribution in [0.2, 0.25) is 0 Å². The summed E-state index contributed by atoms with van der Waals surface area (Å²) in [6.07, 6.45) is 2.94. The van der Waals surface area contributed by atoms with Crippen LogP contribution in [0.1, 0.15) is 37.5 Å². The molecule has 11 heteroatoms. The number of hydrogen-bond acceptors (Lipinski definition) is 7. The first-order chi connectivity index (χ1) is 16.3. The van der Waals surface area contributed by atoms with E-state index < -0.39 is 16.1 Å². The molecule has 0 radical (unpaired) electrons. The minimum absolute atomic E-state index is 0.0136. The van der Waals surface area contributed by atoms with E-state index in [9.17, 15) is 13.2 Å². The van der Waals surface area contributed by atoms with Crippen LogP contribution >= 0.6 is 0 Å². The monoisotopic (exact) mass is 486 g/mol. The molecular formula is C23H26N4O6S. The van der Waals surface area contributed by atoms with Gasteiger partial charge in [0, 0.05) is 23.1 Å². The van der Waals surface area contributed by atoms with Gasteiger partial charge in [0.15, 0.2) is 11.7 Å². The van der Waals surface area contributed by atoms with E-state index in [-0.39, 0.29) is 16.9 Å². The number of nitrogens with one attached hydrogen (secondary N) is 2. The fraction of sp³-hybridized carbons (Fsp3) is 0.304. The third-order valence-electron chi connectivity index (χ3n) is 5.97. The minimum Gasteiger partial charge on any atom is -0.497 e.